The lowest BCUT2D eigenvalue weighted by atomic mass is 9.78. The Hall–Kier alpha value is -2.07. The summed E-state index contributed by atoms with van der Waals surface area (Å²) in [4.78, 5) is 9.37. The van der Waals surface area contributed by atoms with Gasteiger partial charge in [-0.2, -0.15) is 0 Å². The third-order valence-corrected chi connectivity index (χ3v) is 10.5. The van der Waals surface area contributed by atoms with Gasteiger partial charge in [-0.1, -0.05) is 116 Å². The Labute approximate surface area is 190 Å². The van der Waals surface area contributed by atoms with Crippen LogP contribution < -0.4 is 5.19 Å². The molecule has 0 spiro atoms. The van der Waals surface area contributed by atoms with Crippen molar-refractivity contribution in [3.63, 3.8) is 0 Å². The summed E-state index contributed by atoms with van der Waals surface area (Å²) in [7, 11) is -1.69. The molecule has 0 aliphatic heterocycles. The molecule has 0 saturated heterocycles. The van der Waals surface area contributed by atoms with Gasteiger partial charge in [0.05, 0.1) is 8.07 Å². The standard InChI is InChI=1S/C24H36OSi.C3H6O2/c1-17(26(8,9)19-13-11-10-12-14-19)18-15-20(23(2,3)4)22(25)21(16-18)24(5,6)7;1-2-3(4)5/h10-17,25H,1-9H3;2H2,1H3,(H,4,5). The van der Waals surface area contributed by atoms with Crippen LogP contribution in [-0.4, -0.2) is 24.3 Å². The first-order chi connectivity index (χ1) is 14.0. The van der Waals surface area contributed by atoms with E-state index in [9.17, 15) is 9.90 Å². The van der Waals surface area contributed by atoms with E-state index in [-0.39, 0.29) is 17.3 Å². The molecule has 0 heterocycles. The Morgan fingerprint density at radius 2 is 1.32 bits per heavy atom. The average Bonchev–Trinajstić information content (AvgIpc) is 2.66. The van der Waals surface area contributed by atoms with Crippen LogP contribution in [0, 0.1) is 0 Å². The van der Waals surface area contributed by atoms with Crippen LogP contribution in [0.1, 0.15) is 84.0 Å². The van der Waals surface area contributed by atoms with Gasteiger partial charge in [-0.3, -0.25) is 4.79 Å². The maximum atomic E-state index is 11.0. The first-order valence-electron chi connectivity index (χ1n) is 11.2. The van der Waals surface area contributed by atoms with E-state index >= 15 is 0 Å². The van der Waals surface area contributed by atoms with Crippen molar-refractivity contribution in [2.45, 2.75) is 91.3 Å². The number of carboxylic acids is 1. The highest BCUT2D eigenvalue weighted by molar-refractivity contribution is 6.90. The quantitative estimate of drug-likeness (QED) is 0.516. The zero-order valence-corrected chi connectivity index (χ0v) is 22.1. The fourth-order valence-electron chi connectivity index (χ4n) is 3.58. The van der Waals surface area contributed by atoms with E-state index in [0.717, 1.165) is 11.1 Å². The molecular weight excluding hydrogens is 400 g/mol. The summed E-state index contributed by atoms with van der Waals surface area (Å²) in [6.07, 6.45) is 0.222. The van der Waals surface area contributed by atoms with Crippen molar-refractivity contribution in [2.75, 3.05) is 0 Å². The van der Waals surface area contributed by atoms with E-state index in [0.29, 0.717) is 11.3 Å². The van der Waals surface area contributed by atoms with Crippen LogP contribution in [0.4, 0.5) is 0 Å². The Morgan fingerprint density at radius 3 is 1.65 bits per heavy atom. The number of aliphatic carboxylic acids is 1. The molecule has 0 radical (unpaired) electrons. The summed E-state index contributed by atoms with van der Waals surface area (Å²) in [6.45, 7) is 22.0. The second-order valence-corrected chi connectivity index (χ2v) is 15.9. The smallest absolute Gasteiger partial charge is 0.303 e. The van der Waals surface area contributed by atoms with E-state index in [1.807, 2.05) is 0 Å². The fraction of sp³-hybridized carbons (Fsp3) is 0.519. The van der Waals surface area contributed by atoms with Gasteiger partial charge in [-0.15, -0.1) is 0 Å². The van der Waals surface area contributed by atoms with Gasteiger partial charge in [0.25, 0.3) is 0 Å². The first kappa shape index (κ1) is 27.0. The molecule has 3 nitrogen and oxygen atoms in total. The van der Waals surface area contributed by atoms with Gasteiger partial charge in [0.1, 0.15) is 5.75 Å². The molecule has 0 aliphatic rings. The number of carboxylic acid groups (broad SMARTS) is 1. The zero-order valence-electron chi connectivity index (χ0n) is 21.1. The summed E-state index contributed by atoms with van der Waals surface area (Å²) >= 11 is 0. The Bertz CT molecular complexity index is 837. The van der Waals surface area contributed by atoms with Crippen molar-refractivity contribution in [2.24, 2.45) is 0 Å². The Morgan fingerprint density at radius 1 is 0.935 bits per heavy atom. The van der Waals surface area contributed by atoms with Crippen molar-refractivity contribution < 1.29 is 15.0 Å². The van der Waals surface area contributed by atoms with Crippen molar-refractivity contribution in [3.8, 4) is 5.75 Å². The number of phenolic OH excluding ortho intramolecular Hbond substituents is 1. The number of rotatable bonds is 4. The number of hydrogen-bond donors (Lipinski definition) is 2. The lowest BCUT2D eigenvalue weighted by molar-refractivity contribution is -0.136. The van der Waals surface area contributed by atoms with Gasteiger partial charge in [-0.05, 0) is 33.1 Å². The maximum absolute atomic E-state index is 11.0. The zero-order chi connectivity index (χ0) is 24.2. The van der Waals surface area contributed by atoms with Crippen molar-refractivity contribution in [1.82, 2.24) is 0 Å². The molecule has 2 rings (SSSR count). The minimum absolute atomic E-state index is 0.0851. The minimum Gasteiger partial charge on any atom is -0.507 e. The molecule has 0 aliphatic carbocycles. The van der Waals surface area contributed by atoms with Gasteiger partial charge in [0.2, 0.25) is 0 Å². The van der Waals surface area contributed by atoms with Gasteiger partial charge in [0, 0.05) is 6.42 Å². The Kier molecular flexibility index (Phi) is 8.72. The molecule has 0 aromatic heterocycles. The Balaban J connectivity index is 0.000000861. The molecule has 172 valence electrons. The second-order valence-electron chi connectivity index (χ2n) is 11.0. The van der Waals surface area contributed by atoms with Gasteiger partial charge < -0.3 is 10.2 Å². The molecule has 2 aromatic carbocycles. The predicted octanol–water partition coefficient (Wildman–Crippen LogP) is 6.73. The molecule has 2 N–H and O–H groups in total. The topological polar surface area (TPSA) is 57.5 Å². The van der Waals surface area contributed by atoms with Crippen LogP contribution in [0.25, 0.3) is 0 Å². The number of carbonyl (C=O) groups is 1. The van der Waals surface area contributed by atoms with Crippen LogP contribution in [0.5, 0.6) is 5.75 Å². The molecule has 0 saturated carbocycles. The molecule has 0 amide bonds. The molecule has 0 fully saturated rings. The molecule has 1 unspecified atom stereocenters. The van der Waals surface area contributed by atoms with E-state index < -0.39 is 14.0 Å². The SMILES string of the molecule is CC(c1cc(C(C)(C)C)c(O)c(C(C)(C)C)c1)[Si](C)(C)c1ccccc1.CCC(=O)O. The van der Waals surface area contributed by atoms with Crippen LogP contribution in [0.2, 0.25) is 13.1 Å². The van der Waals surface area contributed by atoms with Crippen LogP contribution in [0.15, 0.2) is 42.5 Å². The molecule has 31 heavy (non-hydrogen) atoms. The highest BCUT2D eigenvalue weighted by Crippen LogP contribution is 2.42. The van der Waals surface area contributed by atoms with Gasteiger partial charge in [0.15, 0.2) is 0 Å². The minimum atomic E-state index is -1.69. The van der Waals surface area contributed by atoms with Crippen molar-refractivity contribution in [3.05, 3.63) is 59.2 Å². The van der Waals surface area contributed by atoms with Crippen LogP contribution in [-0.2, 0) is 15.6 Å². The highest BCUT2D eigenvalue weighted by atomic mass is 28.3. The van der Waals surface area contributed by atoms with Gasteiger partial charge in [-0.25, -0.2) is 0 Å². The fourth-order valence-corrected chi connectivity index (χ4v) is 6.14. The van der Waals surface area contributed by atoms with Crippen molar-refractivity contribution >= 4 is 19.2 Å². The molecule has 1 atom stereocenters. The number of phenols is 1. The molecule has 4 heteroatoms. The summed E-state index contributed by atoms with van der Waals surface area (Å²) in [5.74, 6) is -0.273. The third-order valence-electron chi connectivity index (χ3n) is 6.15. The molecule has 2 aromatic rings. The second kappa shape index (κ2) is 10.0. The van der Waals surface area contributed by atoms with E-state index in [1.165, 1.54) is 10.8 Å². The third kappa shape index (κ3) is 6.96. The number of hydrogen-bond acceptors (Lipinski definition) is 2. The first-order valence-corrected chi connectivity index (χ1v) is 14.3. The summed E-state index contributed by atoms with van der Waals surface area (Å²) in [5, 5.41) is 20.2. The van der Waals surface area contributed by atoms with Crippen LogP contribution in [0.3, 0.4) is 0 Å². The molecular formula is C27H42O3Si. The summed E-state index contributed by atoms with van der Waals surface area (Å²) in [6, 6.07) is 15.5. The lowest BCUT2D eigenvalue weighted by Gasteiger charge is -2.34. The predicted molar refractivity (Wildman–Crippen MR) is 135 cm³/mol. The highest BCUT2D eigenvalue weighted by Gasteiger charge is 2.34. The van der Waals surface area contributed by atoms with E-state index in [1.54, 1.807) is 6.92 Å². The summed E-state index contributed by atoms with van der Waals surface area (Å²) in [5.41, 5.74) is 3.77. The largest absolute Gasteiger partial charge is 0.507 e. The lowest BCUT2D eigenvalue weighted by Crippen LogP contribution is -2.46. The summed E-state index contributed by atoms with van der Waals surface area (Å²) < 4.78 is 0. The monoisotopic (exact) mass is 442 g/mol. The number of aromatic hydroxyl groups is 1. The van der Waals surface area contributed by atoms with E-state index in [4.69, 9.17) is 5.11 Å². The van der Waals surface area contributed by atoms with E-state index in [2.05, 4.69) is 104 Å². The maximum Gasteiger partial charge on any atom is 0.303 e. The average molecular weight is 443 g/mol. The van der Waals surface area contributed by atoms with Gasteiger partial charge >= 0.3 is 5.97 Å². The van der Waals surface area contributed by atoms with Crippen molar-refractivity contribution in [1.29, 1.82) is 0 Å². The van der Waals surface area contributed by atoms with Crippen LogP contribution >= 0.6 is 0 Å². The number of benzene rings is 2. The molecule has 0 bridgehead atoms. The normalized spacial score (nSPS) is 13.2.